The zero-order valence-corrected chi connectivity index (χ0v) is 15.8. The van der Waals surface area contributed by atoms with Crippen molar-refractivity contribution in [1.29, 1.82) is 0 Å². The van der Waals surface area contributed by atoms with Crippen LogP contribution in [-0.4, -0.2) is 44.7 Å². The Bertz CT molecular complexity index is 757. The molecule has 0 unspecified atom stereocenters. The van der Waals surface area contributed by atoms with E-state index in [1.54, 1.807) is 6.26 Å². The van der Waals surface area contributed by atoms with Gasteiger partial charge in [0.15, 0.2) is 0 Å². The van der Waals surface area contributed by atoms with Crippen molar-refractivity contribution in [3.8, 4) is 0 Å². The molecule has 0 bridgehead atoms. The number of aromatic nitrogens is 3. The first kappa shape index (κ1) is 18.2. The molecular weight excluding hydrogens is 344 g/mol. The highest BCUT2D eigenvalue weighted by atomic mass is 16.3. The Balaban J connectivity index is 1.24. The molecule has 4 rings (SSSR count). The molecule has 0 atom stereocenters. The summed E-state index contributed by atoms with van der Waals surface area (Å²) in [6, 6.07) is 4.01. The highest BCUT2D eigenvalue weighted by Gasteiger charge is 2.32. The fourth-order valence-corrected chi connectivity index (χ4v) is 4.03. The van der Waals surface area contributed by atoms with Crippen LogP contribution in [0.1, 0.15) is 49.0 Å². The first-order valence-corrected chi connectivity index (χ1v) is 9.76. The van der Waals surface area contributed by atoms with Crippen LogP contribution in [-0.2, 0) is 24.9 Å². The van der Waals surface area contributed by atoms with E-state index in [0.717, 1.165) is 62.7 Å². The van der Waals surface area contributed by atoms with Crippen LogP contribution < -0.4 is 11.1 Å². The number of hydrogen-bond donors (Lipinski definition) is 2. The first-order valence-electron chi connectivity index (χ1n) is 9.76. The molecule has 1 saturated carbocycles. The summed E-state index contributed by atoms with van der Waals surface area (Å²) in [7, 11) is 2.04. The van der Waals surface area contributed by atoms with Gasteiger partial charge < -0.3 is 20.0 Å². The molecule has 1 aliphatic carbocycles. The number of hydrogen-bond acceptors (Lipinski definition) is 6. The van der Waals surface area contributed by atoms with Crippen molar-refractivity contribution >= 4 is 5.91 Å². The minimum Gasteiger partial charge on any atom is -0.467 e. The lowest BCUT2D eigenvalue weighted by molar-refractivity contribution is -0.126. The molecule has 1 amide bonds. The number of rotatable bonds is 6. The second kappa shape index (κ2) is 7.82. The van der Waals surface area contributed by atoms with E-state index in [2.05, 4.69) is 25.0 Å². The smallest absolute Gasteiger partial charge is 0.223 e. The summed E-state index contributed by atoms with van der Waals surface area (Å²) in [6.07, 6.45) is 5.37. The van der Waals surface area contributed by atoms with E-state index in [0.29, 0.717) is 18.5 Å². The Labute approximate surface area is 159 Å². The van der Waals surface area contributed by atoms with Gasteiger partial charge in [-0.25, -0.2) is 0 Å². The van der Waals surface area contributed by atoms with Gasteiger partial charge in [0.1, 0.15) is 17.4 Å². The minimum atomic E-state index is 0.0720. The molecule has 0 radical (unpaired) electrons. The van der Waals surface area contributed by atoms with Crippen LogP contribution in [0.2, 0.25) is 0 Å². The molecule has 27 heavy (non-hydrogen) atoms. The van der Waals surface area contributed by atoms with Crippen LogP contribution in [0.25, 0.3) is 0 Å². The van der Waals surface area contributed by atoms with Crippen molar-refractivity contribution in [3.63, 3.8) is 0 Å². The molecule has 2 aromatic heterocycles. The molecule has 146 valence electrons. The van der Waals surface area contributed by atoms with Crippen molar-refractivity contribution < 1.29 is 9.21 Å². The highest BCUT2D eigenvalue weighted by molar-refractivity contribution is 5.78. The van der Waals surface area contributed by atoms with Gasteiger partial charge in [-0.3, -0.25) is 9.69 Å². The molecule has 2 fully saturated rings. The lowest BCUT2D eigenvalue weighted by Gasteiger charge is -2.32. The quantitative estimate of drug-likeness (QED) is 0.788. The van der Waals surface area contributed by atoms with Gasteiger partial charge in [-0.2, -0.15) is 0 Å². The van der Waals surface area contributed by atoms with Gasteiger partial charge in [-0.05, 0) is 50.9 Å². The average Bonchev–Trinajstić information content (AvgIpc) is 3.29. The molecule has 2 aromatic rings. The Hall–Kier alpha value is -2.19. The Kier molecular flexibility index (Phi) is 5.27. The van der Waals surface area contributed by atoms with E-state index in [4.69, 9.17) is 10.2 Å². The van der Waals surface area contributed by atoms with E-state index in [-0.39, 0.29) is 11.8 Å². The largest absolute Gasteiger partial charge is 0.467 e. The predicted octanol–water partition coefficient (Wildman–Crippen LogP) is 1.14. The fourth-order valence-electron chi connectivity index (χ4n) is 4.03. The lowest BCUT2D eigenvalue weighted by Crippen LogP contribution is -2.40. The zero-order valence-electron chi connectivity index (χ0n) is 15.8. The second-order valence-electron chi connectivity index (χ2n) is 7.81. The second-order valence-corrected chi connectivity index (χ2v) is 7.81. The van der Waals surface area contributed by atoms with Crippen molar-refractivity contribution in [2.75, 3.05) is 13.1 Å². The van der Waals surface area contributed by atoms with E-state index in [1.165, 1.54) is 0 Å². The van der Waals surface area contributed by atoms with Gasteiger partial charge in [-0.15, -0.1) is 10.2 Å². The third-order valence-electron chi connectivity index (χ3n) is 5.88. The predicted molar refractivity (Wildman–Crippen MR) is 99.5 cm³/mol. The standard InChI is InChI=1S/C19H28N6O2/c1-24-17(22-23-18(24)14-9-15(20)10-14)12-25-6-4-13(5-7-25)19(26)21-11-16-3-2-8-27-16/h2-3,8,13-15H,4-7,9-12,20H2,1H3,(H,21,26). The van der Waals surface area contributed by atoms with Crippen molar-refractivity contribution in [2.24, 2.45) is 18.7 Å². The summed E-state index contributed by atoms with van der Waals surface area (Å²) in [6.45, 7) is 3.03. The summed E-state index contributed by atoms with van der Waals surface area (Å²) in [4.78, 5) is 14.7. The normalized spacial score (nSPS) is 23.9. The molecule has 1 aliphatic heterocycles. The van der Waals surface area contributed by atoms with Gasteiger partial charge in [-0.1, -0.05) is 0 Å². The minimum absolute atomic E-state index is 0.0720. The number of likely N-dealkylation sites (tertiary alicyclic amines) is 1. The van der Waals surface area contributed by atoms with Crippen LogP contribution in [0.5, 0.6) is 0 Å². The molecule has 3 N–H and O–H groups in total. The van der Waals surface area contributed by atoms with E-state index in [1.807, 2.05) is 19.2 Å². The Morgan fingerprint density at radius 2 is 2.11 bits per heavy atom. The molecule has 1 saturated heterocycles. The average molecular weight is 372 g/mol. The van der Waals surface area contributed by atoms with Crippen molar-refractivity contribution in [2.45, 2.75) is 50.7 Å². The number of amides is 1. The third-order valence-corrected chi connectivity index (χ3v) is 5.88. The number of carbonyl (C=O) groups excluding carboxylic acids is 1. The molecule has 8 heteroatoms. The monoisotopic (exact) mass is 372 g/mol. The van der Waals surface area contributed by atoms with Gasteiger partial charge >= 0.3 is 0 Å². The summed E-state index contributed by atoms with van der Waals surface area (Å²) in [5.74, 6) is 3.47. The maximum atomic E-state index is 12.3. The van der Waals surface area contributed by atoms with Crippen molar-refractivity contribution in [3.05, 3.63) is 35.8 Å². The molecular formula is C19H28N6O2. The topological polar surface area (TPSA) is 102 Å². The van der Waals surface area contributed by atoms with Gasteiger partial charge in [0.25, 0.3) is 0 Å². The number of nitrogens with one attached hydrogen (secondary N) is 1. The number of carbonyl (C=O) groups is 1. The van der Waals surface area contributed by atoms with Crippen LogP contribution >= 0.6 is 0 Å². The molecule has 8 nitrogen and oxygen atoms in total. The van der Waals surface area contributed by atoms with Crippen LogP contribution in [0.4, 0.5) is 0 Å². The first-order chi connectivity index (χ1) is 13.1. The summed E-state index contributed by atoms with van der Waals surface area (Å²) in [5, 5.41) is 11.8. The van der Waals surface area contributed by atoms with Crippen LogP contribution in [0.15, 0.2) is 22.8 Å². The third kappa shape index (κ3) is 4.06. The molecule has 3 heterocycles. The van der Waals surface area contributed by atoms with Gasteiger partial charge in [0.2, 0.25) is 5.91 Å². The van der Waals surface area contributed by atoms with Crippen molar-refractivity contribution in [1.82, 2.24) is 25.0 Å². The van der Waals surface area contributed by atoms with Crippen LogP contribution in [0, 0.1) is 5.92 Å². The Morgan fingerprint density at radius 1 is 1.33 bits per heavy atom. The molecule has 2 aliphatic rings. The number of furan rings is 1. The summed E-state index contributed by atoms with van der Waals surface area (Å²) in [5.41, 5.74) is 5.90. The van der Waals surface area contributed by atoms with E-state index >= 15 is 0 Å². The zero-order chi connectivity index (χ0) is 18.8. The molecule has 0 aromatic carbocycles. The fraction of sp³-hybridized carbons (Fsp3) is 0.632. The number of nitrogens with two attached hydrogens (primary N) is 1. The number of piperidine rings is 1. The number of nitrogens with zero attached hydrogens (tertiary/aromatic N) is 4. The van der Waals surface area contributed by atoms with Gasteiger partial charge in [0.05, 0.1) is 19.4 Å². The molecule has 0 spiro atoms. The lowest BCUT2D eigenvalue weighted by atomic mass is 9.80. The summed E-state index contributed by atoms with van der Waals surface area (Å²) >= 11 is 0. The van der Waals surface area contributed by atoms with E-state index < -0.39 is 0 Å². The summed E-state index contributed by atoms with van der Waals surface area (Å²) < 4.78 is 7.38. The van der Waals surface area contributed by atoms with Gasteiger partial charge in [0, 0.05) is 24.9 Å². The van der Waals surface area contributed by atoms with E-state index in [9.17, 15) is 4.79 Å². The SMILES string of the molecule is Cn1c(CN2CCC(C(=O)NCc3ccco3)CC2)nnc1C1CC(N)C1. The maximum Gasteiger partial charge on any atom is 0.223 e. The highest BCUT2D eigenvalue weighted by Crippen LogP contribution is 2.34. The maximum absolute atomic E-state index is 12.3. The Morgan fingerprint density at radius 3 is 2.78 bits per heavy atom. The van der Waals surface area contributed by atoms with Crippen LogP contribution in [0.3, 0.4) is 0 Å².